The fourth-order valence-corrected chi connectivity index (χ4v) is 3.59. The van der Waals surface area contributed by atoms with Crippen molar-refractivity contribution < 1.29 is 59.8 Å². The van der Waals surface area contributed by atoms with Gasteiger partial charge in [0.1, 0.15) is 29.6 Å². The van der Waals surface area contributed by atoms with Crippen LogP contribution in [0, 0.1) is 0 Å². The monoisotopic (exact) mass is 696 g/mol. The molecule has 264 valence electrons. The molecule has 0 saturated heterocycles. The van der Waals surface area contributed by atoms with Crippen molar-refractivity contribution in [1.29, 1.82) is 0 Å². The Morgan fingerprint density at radius 2 is 0.959 bits per heavy atom. The molecule has 0 aromatic heterocycles. The highest BCUT2D eigenvalue weighted by Crippen LogP contribution is 2.24. The normalized spacial score (nSPS) is 11.2. The number of rotatable bonds is 11. The first-order valence-electron chi connectivity index (χ1n) is 14.1. The van der Waals surface area contributed by atoms with E-state index in [1.54, 1.807) is 21.1 Å². The molecule has 2 N–H and O–H groups in total. The van der Waals surface area contributed by atoms with Crippen molar-refractivity contribution in [1.82, 2.24) is 0 Å². The molecule has 0 spiro atoms. The van der Waals surface area contributed by atoms with Crippen LogP contribution in [0.1, 0.15) is 40.9 Å². The van der Waals surface area contributed by atoms with Crippen LogP contribution in [0.2, 0.25) is 0 Å². The van der Waals surface area contributed by atoms with Crippen LogP contribution in [0.3, 0.4) is 0 Å². The van der Waals surface area contributed by atoms with Gasteiger partial charge in [0, 0.05) is 5.56 Å². The van der Waals surface area contributed by atoms with E-state index in [9.17, 15) is 31.1 Å². The summed E-state index contributed by atoms with van der Waals surface area (Å²) in [5.74, 6) is 5.67. The maximum absolute atomic E-state index is 12.1. The lowest BCUT2D eigenvalue weighted by molar-refractivity contribution is -0.275. The summed E-state index contributed by atoms with van der Waals surface area (Å²) in [7, 11) is 3.22. The number of Topliss-reactive ketones (excluding diaryl/α,β-unsaturated/α-hetero) is 1. The molecule has 0 fully saturated rings. The van der Waals surface area contributed by atoms with Crippen LogP contribution in [-0.2, 0) is 22.9 Å². The van der Waals surface area contributed by atoms with E-state index in [4.69, 9.17) is 20.2 Å². The van der Waals surface area contributed by atoms with Gasteiger partial charge in [0.15, 0.2) is 5.78 Å². The van der Waals surface area contributed by atoms with Crippen LogP contribution in [0.25, 0.3) is 0 Å². The Balaban J connectivity index is 0.000000282. The highest BCUT2D eigenvalue weighted by molar-refractivity contribution is 5.98. The van der Waals surface area contributed by atoms with Gasteiger partial charge < -0.3 is 23.8 Å². The lowest BCUT2D eigenvalue weighted by Gasteiger charge is -2.09. The number of nitrogens with zero attached hydrogens (tertiary/aromatic N) is 1. The average molecular weight is 697 g/mol. The summed E-state index contributed by atoms with van der Waals surface area (Å²) in [4.78, 5) is 20.5. The van der Waals surface area contributed by atoms with Crippen molar-refractivity contribution in [3.8, 4) is 23.0 Å². The molecule has 0 saturated carbocycles. The van der Waals surface area contributed by atoms with Gasteiger partial charge in [0.25, 0.3) is 0 Å². The number of nitrogens with two attached hydrogens (primary N) is 1. The lowest BCUT2D eigenvalue weighted by atomic mass is 10.1. The topological polar surface area (TPSA) is 111 Å². The zero-order valence-corrected chi connectivity index (χ0v) is 26.8. The number of ether oxygens (including phenoxy) is 4. The van der Waals surface area contributed by atoms with Crippen molar-refractivity contribution in [2.45, 2.75) is 39.8 Å². The summed E-state index contributed by atoms with van der Waals surface area (Å²) in [5, 5.41) is 3.96. The number of benzene rings is 4. The third-order valence-corrected chi connectivity index (χ3v) is 6.00. The molecule has 49 heavy (non-hydrogen) atoms. The predicted molar refractivity (Wildman–Crippen MR) is 168 cm³/mol. The van der Waals surface area contributed by atoms with Gasteiger partial charge in [-0.2, -0.15) is 0 Å². The van der Waals surface area contributed by atoms with E-state index >= 15 is 0 Å². The number of carbonyl (C=O) groups is 1. The highest BCUT2D eigenvalue weighted by atomic mass is 19.4. The fourth-order valence-electron chi connectivity index (χ4n) is 3.59. The Labute approximate surface area is 278 Å². The van der Waals surface area contributed by atoms with Crippen molar-refractivity contribution in [2.75, 3.05) is 14.2 Å². The number of hydrogen-bond acceptors (Lipinski definition) is 9. The Morgan fingerprint density at radius 3 is 1.31 bits per heavy atom. The number of alkyl halides is 6. The predicted octanol–water partition coefficient (Wildman–Crippen LogP) is 8.41. The molecule has 4 aromatic carbocycles. The van der Waals surface area contributed by atoms with Gasteiger partial charge in [-0.1, -0.05) is 29.4 Å². The zero-order chi connectivity index (χ0) is 36.5. The number of halogens is 6. The molecule has 0 aliphatic heterocycles. The zero-order valence-electron chi connectivity index (χ0n) is 26.8. The first kappa shape index (κ1) is 39.9. The quantitative estimate of drug-likeness (QED) is 0.0721. The number of carbonyl (C=O) groups excluding carboxylic acids is 1. The Hall–Kier alpha value is -5.28. The van der Waals surface area contributed by atoms with E-state index in [1.807, 2.05) is 48.5 Å². The molecular weight excluding hydrogens is 662 g/mol. The Morgan fingerprint density at radius 1 is 0.592 bits per heavy atom. The molecule has 0 heterocycles. The highest BCUT2D eigenvalue weighted by Gasteiger charge is 2.31. The minimum atomic E-state index is -4.70. The van der Waals surface area contributed by atoms with Gasteiger partial charge in [0.05, 0.1) is 26.5 Å². The molecule has 4 aromatic rings. The molecule has 0 unspecified atom stereocenters. The van der Waals surface area contributed by atoms with E-state index in [1.165, 1.54) is 43.3 Å². The summed E-state index contributed by atoms with van der Waals surface area (Å²) in [5.41, 5.74) is 3.48. The van der Waals surface area contributed by atoms with Crippen LogP contribution in [0.5, 0.6) is 23.0 Å². The van der Waals surface area contributed by atoms with Crippen LogP contribution < -0.4 is 24.8 Å². The minimum Gasteiger partial charge on any atom is -0.497 e. The van der Waals surface area contributed by atoms with Gasteiger partial charge in [-0.3, -0.25) is 9.63 Å². The van der Waals surface area contributed by atoms with Crippen LogP contribution in [0.15, 0.2) is 102 Å². The first-order chi connectivity index (χ1) is 23.1. The third kappa shape index (κ3) is 16.4. The molecule has 0 radical (unpaired) electrons. The standard InChI is InChI=1S/C17H16F3NO3.C9H7F3O2.C8H11NO2/c1-12(14-5-9-16(10-6-14)24-17(18,19)20)21-23-11-13-3-7-15(22-2)8-4-13;1-6(13)7-2-4-8(5-3-7)14-9(10,11)12;1-10-8-4-2-7(3-5-8)6-11-9/h3-10H,11H2,1-2H3;2-5H,1H3;2-5H,6,9H2,1H3. The maximum atomic E-state index is 12.1. The van der Waals surface area contributed by atoms with Crippen LogP contribution in [-0.4, -0.2) is 38.4 Å². The SMILES string of the molecule is CC(=O)c1ccc(OC(F)(F)F)cc1.COc1ccc(CON)cc1.COc1ccc(CON=C(C)c2ccc(OC(F)(F)F)cc2)cc1. The fraction of sp³-hybridized carbons (Fsp3) is 0.235. The van der Waals surface area contributed by atoms with Gasteiger partial charge in [-0.05, 0) is 103 Å². The third-order valence-electron chi connectivity index (χ3n) is 6.00. The minimum absolute atomic E-state index is 0.205. The molecule has 4 rings (SSSR count). The largest absolute Gasteiger partial charge is 0.573 e. The molecule has 0 aliphatic carbocycles. The summed E-state index contributed by atoms with van der Waals surface area (Å²) in [6.07, 6.45) is -9.40. The summed E-state index contributed by atoms with van der Waals surface area (Å²) < 4.78 is 88.9. The Kier molecular flexibility index (Phi) is 15.9. The second-order valence-corrected chi connectivity index (χ2v) is 9.66. The smallest absolute Gasteiger partial charge is 0.497 e. The number of oxime groups is 1. The van der Waals surface area contributed by atoms with Crippen molar-refractivity contribution in [3.63, 3.8) is 0 Å². The Bertz CT molecular complexity index is 1580. The summed E-state index contributed by atoms with van der Waals surface area (Å²) >= 11 is 0. The second-order valence-electron chi connectivity index (χ2n) is 9.66. The van der Waals surface area contributed by atoms with E-state index in [0.29, 0.717) is 23.4 Å². The molecular formula is C34H34F6N2O7. The lowest BCUT2D eigenvalue weighted by Crippen LogP contribution is -2.17. The van der Waals surface area contributed by atoms with Crippen LogP contribution >= 0.6 is 0 Å². The summed E-state index contributed by atoms with van der Waals surface area (Å²) in [6, 6.07) is 25.1. The van der Waals surface area contributed by atoms with Gasteiger partial charge in [0.2, 0.25) is 0 Å². The molecule has 9 nitrogen and oxygen atoms in total. The van der Waals surface area contributed by atoms with Crippen molar-refractivity contribution in [3.05, 3.63) is 119 Å². The molecule has 15 heteroatoms. The van der Waals surface area contributed by atoms with Crippen LogP contribution in [0.4, 0.5) is 26.3 Å². The molecule has 0 bridgehead atoms. The second kappa shape index (κ2) is 19.5. The van der Waals surface area contributed by atoms with Crippen molar-refractivity contribution in [2.24, 2.45) is 11.1 Å². The molecule has 0 atom stereocenters. The molecule has 0 amide bonds. The van der Waals surface area contributed by atoms with E-state index in [-0.39, 0.29) is 23.9 Å². The average Bonchev–Trinajstić information content (AvgIpc) is 3.05. The number of methoxy groups -OCH3 is 2. The van der Waals surface area contributed by atoms with E-state index in [2.05, 4.69) is 19.5 Å². The van der Waals surface area contributed by atoms with Crippen molar-refractivity contribution >= 4 is 11.5 Å². The summed E-state index contributed by atoms with van der Waals surface area (Å²) in [6.45, 7) is 3.74. The maximum Gasteiger partial charge on any atom is 0.573 e. The molecule has 0 aliphatic rings. The first-order valence-corrected chi connectivity index (χ1v) is 14.1. The number of ketones is 1. The van der Waals surface area contributed by atoms with E-state index in [0.717, 1.165) is 34.8 Å². The number of hydrogen-bond donors (Lipinski definition) is 1. The van der Waals surface area contributed by atoms with Gasteiger partial charge in [-0.15, -0.1) is 26.3 Å². The van der Waals surface area contributed by atoms with Gasteiger partial charge in [-0.25, -0.2) is 5.90 Å². The van der Waals surface area contributed by atoms with E-state index < -0.39 is 12.7 Å². The van der Waals surface area contributed by atoms with Gasteiger partial charge >= 0.3 is 12.7 Å².